The van der Waals surface area contributed by atoms with Crippen molar-refractivity contribution in [2.75, 3.05) is 6.54 Å². The molecule has 1 amide bonds. The second-order valence-electron chi connectivity index (χ2n) is 12.4. The molecule has 4 nitrogen and oxygen atoms in total. The number of hydrogen-bond donors (Lipinski definition) is 1. The topological polar surface area (TPSA) is 49.8 Å². The standard InChI is InChI=1S/C33H39Cl2NO3Si/c1-33(2,3)40(26-10-6-4-7-11-26,27-12-8-5-9-13-27)39-25-16-14-23(15-17-25)28-18-19-36(32(28)38)22-29-30(34)20-24(37)21-31(29)35/h4-13,20-21,23,25,28,37H,14-19,22H2,1-3H3. The molecule has 1 unspecified atom stereocenters. The third kappa shape index (κ3) is 5.71. The molecular formula is C33H39Cl2NO3Si. The van der Waals surface area contributed by atoms with Crippen molar-refractivity contribution in [2.45, 2.75) is 70.6 Å². The average Bonchev–Trinajstić information content (AvgIpc) is 3.29. The van der Waals surface area contributed by atoms with Crippen LogP contribution >= 0.6 is 23.2 Å². The van der Waals surface area contributed by atoms with Gasteiger partial charge in [0.15, 0.2) is 0 Å². The summed E-state index contributed by atoms with van der Waals surface area (Å²) in [7, 11) is -2.59. The Morgan fingerprint density at radius 1 is 0.875 bits per heavy atom. The van der Waals surface area contributed by atoms with Crippen molar-refractivity contribution in [3.05, 3.63) is 88.4 Å². The van der Waals surface area contributed by atoms with Gasteiger partial charge in [-0.15, -0.1) is 0 Å². The second-order valence-corrected chi connectivity index (χ2v) is 17.4. The molecule has 1 saturated heterocycles. The van der Waals surface area contributed by atoms with Crippen LogP contribution in [0.5, 0.6) is 5.75 Å². The number of amides is 1. The first-order valence-electron chi connectivity index (χ1n) is 14.3. The van der Waals surface area contributed by atoms with Crippen LogP contribution < -0.4 is 10.4 Å². The maximum absolute atomic E-state index is 13.5. The van der Waals surface area contributed by atoms with Crippen molar-refractivity contribution in [3.8, 4) is 5.75 Å². The van der Waals surface area contributed by atoms with E-state index >= 15 is 0 Å². The van der Waals surface area contributed by atoms with E-state index in [-0.39, 0.29) is 28.7 Å². The van der Waals surface area contributed by atoms with Crippen molar-refractivity contribution in [1.29, 1.82) is 0 Å². The fraction of sp³-hybridized carbons (Fsp3) is 0.424. The third-order valence-corrected chi connectivity index (χ3v) is 14.6. The molecule has 2 aliphatic rings. The molecule has 3 aromatic rings. The summed E-state index contributed by atoms with van der Waals surface area (Å²) < 4.78 is 7.38. The van der Waals surface area contributed by atoms with Gasteiger partial charge in [-0.2, -0.15) is 0 Å². The predicted molar refractivity (Wildman–Crippen MR) is 166 cm³/mol. The summed E-state index contributed by atoms with van der Waals surface area (Å²) in [6.07, 6.45) is 4.95. The van der Waals surface area contributed by atoms with Crippen LogP contribution in [0.1, 0.15) is 58.4 Å². The van der Waals surface area contributed by atoms with Gasteiger partial charge in [-0.3, -0.25) is 4.79 Å². The van der Waals surface area contributed by atoms with Gasteiger partial charge in [-0.05, 0) is 65.6 Å². The van der Waals surface area contributed by atoms with Crippen molar-refractivity contribution in [3.63, 3.8) is 0 Å². The molecule has 1 aliphatic heterocycles. The molecule has 3 aromatic carbocycles. The number of rotatable bonds is 7. The maximum atomic E-state index is 13.5. The van der Waals surface area contributed by atoms with E-state index in [0.29, 0.717) is 34.6 Å². The molecule has 1 heterocycles. The van der Waals surface area contributed by atoms with Gasteiger partial charge in [-0.1, -0.05) is 105 Å². The number of carbonyl (C=O) groups excluding carboxylic acids is 1. The molecule has 1 N–H and O–H groups in total. The van der Waals surface area contributed by atoms with E-state index < -0.39 is 8.32 Å². The highest BCUT2D eigenvalue weighted by Gasteiger charge is 2.52. The van der Waals surface area contributed by atoms with Crippen molar-refractivity contribution in [2.24, 2.45) is 11.8 Å². The third-order valence-electron chi connectivity index (χ3n) is 8.86. The second kappa shape index (κ2) is 11.9. The molecule has 1 atom stereocenters. The molecule has 0 aromatic heterocycles. The van der Waals surface area contributed by atoms with Gasteiger partial charge in [0.1, 0.15) is 5.75 Å². The van der Waals surface area contributed by atoms with E-state index in [1.807, 2.05) is 4.90 Å². The zero-order chi connectivity index (χ0) is 28.5. The Kier molecular flexibility index (Phi) is 8.68. The van der Waals surface area contributed by atoms with Crippen LogP contribution in [0, 0.1) is 11.8 Å². The first-order chi connectivity index (χ1) is 19.1. The lowest BCUT2D eigenvalue weighted by atomic mass is 9.78. The van der Waals surface area contributed by atoms with Gasteiger partial charge < -0.3 is 14.4 Å². The molecule has 7 heteroatoms. The molecule has 40 heavy (non-hydrogen) atoms. The van der Waals surface area contributed by atoms with Crippen molar-refractivity contribution < 1.29 is 14.3 Å². The SMILES string of the molecule is CC(C)(C)[Si](OC1CCC(C2CCN(Cc3c(Cl)cc(O)cc3Cl)C2=O)CC1)(c1ccccc1)c1ccccc1. The van der Waals surface area contributed by atoms with E-state index in [4.69, 9.17) is 27.6 Å². The highest BCUT2D eigenvalue weighted by molar-refractivity contribution is 6.99. The normalized spacial score (nSPS) is 22.1. The van der Waals surface area contributed by atoms with Crippen LogP contribution in [0.3, 0.4) is 0 Å². The van der Waals surface area contributed by atoms with Gasteiger partial charge in [0.05, 0.1) is 10.0 Å². The molecule has 212 valence electrons. The van der Waals surface area contributed by atoms with E-state index in [1.165, 1.54) is 22.5 Å². The summed E-state index contributed by atoms with van der Waals surface area (Å²) in [5, 5.41) is 13.1. The Morgan fingerprint density at radius 2 is 1.40 bits per heavy atom. The van der Waals surface area contributed by atoms with Crippen LogP contribution in [-0.4, -0.2) is 36.9 Å². The van der Waals surface area contributed by atoms with Crippen LogP contribution in [-0.2, 0) is 15.8 Å². The largest absolute Gasteiger partial charge is 0.508 e. The fourth-order valence-corrected chi connectivity index (χ4v) is 12.2. The van der Waals surface area contributed by atoms with Crippen LogP contribution in [0.25, 0.3) is 0 Å². The number of likely N-dealkylation sites (tertiary alicyclic amines) is 1. The summed E-state index contributed by atoms with van der Waals surface area (Å²) >= 11 is 12.7. The summed E-state index contributed by atoms with van der Waals surface area (Å²) in [4.78, 5) is 15.4. The zero-order valence-corrected chi connectivity index (χ0v) is 26.1. The van der Waals surface area contributed by atoms with Crippen LogP contribution in [0.2, 0.25) is 15.1 Å². The van der Waals surface area contributed by atoms with Crippen LogP contribution in [0.15, 0.2) is 72.8 Å². The summed E-state index contributed by atoms with van der Waals surface area (Å²) in [6, 6.07) is 24.6. The van der Waals surface area contributed by atoms with Crippen LogP contribution in [0.4, 0.5) is 0 Å². The average molecular weight is 597 g/mol. The van der Waals surface area contributed by atoms with E-state index in [9.17, 15) is 9.90 Å². The lowest BCUT2D eigenvalue weighted by Gasteiger charge is -2.46. The monoisotopic (exact) mass is 595 g/mol. The Hall–Kier alpha value is -2.31. The Bertz CT molecular complexity index is 1260. The number of phenols is 1. The van der Waals surface area contributed by atoms with E-state index in [2.05, 4.69) is 81.4 Å². The highest BCUT2D eigenvalue weighted by Crippen LogP contribution is 2.42. The zero-order valence-electron chi connectivity index (χ0n) is 23.6. The molecule has 0 bridgehead atoms. The number of carbonyl (C=O) groups is 1. The Balaban J connectivity index is 1.29. The van der Waals surface area contributed by atoms with Gasteiger partial charge in [0, 0.05) is 30.7 Å². The quantitative estimate of drug-likeness (QED) is 0.294. The number of hydrogen-bond acceptors (Lipinski definition) is 3. The van der Waals surface area contributed by atoms with Gasteiger partial charge in [0.25, 0.3) is 8.32 Å². The highest BCUT2D eigenvalue weighted by atomic mass is 35.5. The van der Waals surface area contributed by atoms with Crippen molar-refractivity contribution in [1.82, 2.24) is 4.90 Å². The summed E-state index contributed by atoms with van der Waals surface area (Å²) in [5.74, 6) is 0.615. The van der Waals surface area contributed by atoms with Gasteiger partial charge >= 0.3 is 0 Å². The number of halogens is 2. The van der Waals surface area contributed by atoms with Gasteiger partial charge in [0.2, 0.25) is 5.91 Å². The van der Waals surface area contributed by atoms with E-state index in [0.717, 1.165) is 32.1 Å². The summed E-state index contributed by atoms with van der Waals surface area (Å²) in [5.41, 5.74) is 0.692. The molecule has 1 saturated carbocycles. The molecule has 1 aliphatic carbocycles. The first-order valence-corrected chi connectivity index (χ1v) is 17.0. The molecule has 2 fully saturated rings. The maximum Gasteiger partial charge on any atom is 0.261 e. The van der Waals surface area contributed by atoms with Gasteiger partial charge in [-0.25, -0.2) is 0 Å². The molecule has 0 radical (unpaired) electrons. The summed E-state index contributed by atoms with van der Waals surface area (Å²) in [6.45, 7) is 8.05. The number of phenolic OH excluding ortho intramolecular Hbond substituents is 1. The lowest BCUT2D eigenvalue weighted by Crippen LogP contribution is -2.67. The molecule has 0 spiro atoms. The lowest BCUT2D eigenvalue weighted by molar-refractivity contribution is -0.133. The minimum Gasteiger partial charge on any atom is -0.508 e. The number of nitrogens with zero attached hydrogens (tertiary/aromatic N) is 1. The van der Waals surface area contributed by atoms with Crippen molar-refractivity contribution >= 4 is 47.8 Å². The molecular weight excluding hydrogens is 557 g/mol. The number of aromatic hydroxyl groups is 1. The first kappa shape index (κ1) is 29.2. The minimum absolute atomic E-state index is 0.0291. The predicted octanol–water partition coefficient (Wildman–Crippen LogP) is 7.18. The Morgan fingerprint density at radius 3 is 1.90 bits per heavy atom. The molecule has 5 rings (SSSR count). The fourth-order valence-electron chi connectivity index (χ4n) is 6.84. The number of benzene rings is 3. The minimum atomic E-state index is -2.59. The smallest absolute Gasteiger partial charge is 0.261 e. The Labute approximate surface area is 249 Å². The van der Waals surface area contributed by atoms with E-state index in [1.54, 1.807) is 0 Å².